The second-order valence-electron chi connectivity index (χ2n) is 6.82. The van der Waals surface area contributed by atoms with Gasteiger partial charge in [-0.25, -0.2) is 9.99 Å². The number of benzene rings is 1. The summed E-state index contributed by atoms with van der Waals surface area (Å²) in [6.07, 6.45) is -2.96. The van der Waals surface area contributed by atoms with Gasteiger partial charge in [0.25, 0.3) is 5.56 Å². The second-order valence-corrected chi connectivity index (χ2v) is 6.82. The minimum atomic E-state index is -4.40. The lowest BCUT2D eigenvalue weighted by Crippen LogP contribution is -2.34. The molecule has 0 atom stereocenters. The first-order chi connectivity index (χ1) is 12.9. The Hall–Kier alpha value is -2.97. The number of nitrogens with zero attached hydrogens (tertiary/aromatic N) is 4. The van der Waals surface area contributed by atoms with E-state index in [2.05, 4.69) is 26.9 Å². The minimum absolute atomic E-state index is 0.0805. The average molecular weight is 393 g/mol. The Kier molecular flexibility index (Phi) is 6.06. The van der Waals surface area contributed by atoms with Crippen LogP contribution in [0.1, 0.15) is 42.1 Å². The van der Waals surface area contributed by atoms with Crippen LogP contribution in [0.5, 0.6) is 0 Å². The van der Waals surface area contributed by atoms with Crippen LogP contribution >= 0.6 is 0 Å². The van der Waals surface area contributed by atoms with Crippen molar-refractivity contribution in [1.82, 2.24) is 15.0 Å². The number of hydrogen-bond donors (Lipinski definition) is 1. The van der Waals surface area contributed by atoms with E-state index in [4.69, 9.17) is 0 Å². The summed E-state index contributed by atoms with van der Waals surface area (Å²) in [5.41, 5.74) is -0.182. The van der Waals surface area contributed by atoms with Crippen LogP contribution in [0.4, 0.5) is 13.2 Å². The molecule has 0 saturated carbocycles. The van der Waals surface area contributed by atoms with Gasteiger partial charge in [-0.2, -0.15) is 18.3 Å². The topological polar surface area (TPSA) is 73.7 Å². The number of hydrogen-bond acceptors (Lipinski definition) is 4. The van der Waals surface area contributed by atoms with Gasteiger partial charge in [-0.15, -0.1) is 0 Å². The molecule has 1 aromatic heterocycles. The zero-order valence-corrected chi connectivity index (χ0v) is 16.1. The Morgan fingerprint density at radius 3 is 2.46 bits per heavy atom. The lowest BCUT2D eigenvalue weighted by Gasteiger charge is -2.34. The van der Waals surface area contributed by atoms with Gasteiger partial charge in [0, 0.05) is 12.3 Å². The van der Waals surface area contributed by atoms with Crippen molar-refractivity contribution in [3.63, 3.8) is 0 Å². The number of nitrogens with one attached hydrogen (secondary N) is 1. The summed E-state index contributed by atoms with van der Waals surface area (Å²) >= 11 is 0. The fourth-order valence-electron chi connectivity index (χ4n) is 2.92. The Balaban J connectivity index is 2.26. The zero-order valence-electron chi connectivity index (χ0n) is 16.1. The Morgan fingerprint density at radius 1 is 1.25 bits per heavy atom. The molecular formula is C19H22F3N5O. The summed E-state index contributed by atoms with van der Waals surface area (Å²) in [6, 6.07) is 4.92. The maximum absolute atomic E-state index is 12.9. The maximum atomic E-state index is 12.9. The molecule has 28 heavy (non-hydrogen) atoms. The van der Waals surface area contributed by atoms with Gasteiger partial charge in [0.05, 0.1) is 16.8 Å². The number of aromatic nitrogens is 2. The van der Waals surface area contributed by atoms with E-state index in [0.29, 0.717) is 22.6 Å². The smallest absolute Gasteiger partial charge is 0.311 e. The highest BCUT2D eigenvalue weighted by Gasteiger charge is 2.33. The molecule has 6 nitrogen and oxygen atoms in total. The van der Waals surface area contributed by atoms with Crippen LogP contribution in [-0.4, -0.2) is 15.0 Å². The van der Waals surface area contributed by atoms with E-state index in [0.717, 1.165) is 12.1 Å². The quantitative estimate of drug-likeness (QED) is 0.573. The molecule has 1 N–H and O–H groups in total. The molecule has 0 amide bonds. The minimum Gasteiger partial charge on any atom is -0.311 e. The first kappa shape index (κ1) is 21.3. The lowest BCUT2D eigenvalue weighted by molar-refractivity contribution is -0.137. The largest absolute Gasteiger partial charge is 0.416 e. The molecule has 0 unspecified atom stereocenters. The molecular weight excluding hydrogens is 371 g/mol. The third kappa shape index (κ3) is 4.85. The number of aryl methyl sites for hydroxylation is 2. The van der Waals surface area contributed by atoms with Crippen LogP contribution < -0.4 is 5.56 Å². The molecule has 150 valence electrons. The first-order valence-electron chi connectivity index (χ1n) is 8.49. The molecule has 2 rings (SSSR count). The normalized spacial score (nSPS) is 12.4. The molecule has 2 aromatic rings. The van der Waals surface area contributed by atoms with E-state index in [9.17, 15) is 18.0 Å². The third-order valence-corrected chi connectivity index (χ3v) is 4.26. The monoisotopic (exact) mass is 393 g/mol. The Bertz CT molecular complexity index is 947. The van der Waals surface area contributed by atoms with E-state index in [1.165, 1.54) is 23.3 Å². The van der Waals surface area contributed by atoms with Crippen molar-refractivity contribution in [1.29, 1.82) is 0 Å². The van der Waals surface area contributed by atoms with E-state index < -0.39 is 17.3 Å². The van der Waals surface area contributed by atoms with E-state index in [-0.39, 0.29) is 12.1 Å². The molecule has 0 aliphatic carbocycles. The third-order valence-electron chi connectivity index (χ3n) is 4.26. The van der Waals surface area contributed by atoms with E-state index >= 15 is 0 Å². The average Bonchev–Trinajstić information content (AvgIpc) is 2.56. The van der Waals surface area contributed by atoms with Crippen molar-refractivity contribution in [3.8, 4) is 0 Å². The molecule has 0 spiro atoms. The summed E-state index contributed by atoms with van der Waals surface area (Å²) in [5.74, 6) is 0.471. The van der Waals surface area contributed by atoms with Gasteiger partial charge in [0.2, 0.25) is 0 Å². The second kappa shape index (κ2) is 7.95. The molecule has 0 bridgehead atoms. The number of alkyl halides is 3. The molecule has 0 radical (unpaired) electrons. The molecule has 1 heterocycles. The van der Waals surface area contributed by atoms with Crippen molar-refractivity contribution in [2.45, 2.75) is 46.0 Å². The van der Waals surface area contributed by atoms with Crippen LogP contribution in [-0.2, 0) is 18.3 Å². The number of rotatable bonds is 6. The molecule has 9 heteroatoms. The SMILES string of the molecule is C=CN(N=NCc1cc(=O)[nH]c(C)n1)C(C)(C)c1ccc(C(F)(F)F)cc1C. The van der Waals surface area contributed by atoms with Gasteiger partial charge in [-0.05, 0) is 51.0 Å². The van der Waals surface area contributed by atoms with Crippen LogP contribution in [0, 0.1) is 13.8 Å². The fraction of sp³-hybridized carbons (Fsp3) is 0.368. The van der Waals surface area contributed by atoms with Gasteiger partial charge in [-0.3, -0.25) is 4.79 Å². The first-order valence-corrected chi connectivity index (χ1v) is 8.49. The molecule has 0 aliphatic heterocycles. The van der Waals surface area contributed by atoms with Crippen molar-refractivity contribution in [3.05, 3.63) is 75.6 Å². The van der Waals surface area contributed by atoms with Crippen LogP contribution in [0.3, 0.4) is 0 Å². The molecule has 0 fully saturated rings. The number of halogens is 3. The highest BCUT2D eigenvalue weighted by Crippen LogP contribution is 2.35. The summed E-state index contributed by atoms with van der Waals surface area (Å²) in [4.78, 5) is 18.2. The maximum Gasteiger partial charge on any atom is 0.416 e. The standard InChI is InChI=1S/C19H22F3N5O/c1-6-27(26-23-11-15-10-17(28)25-13(3)24-15)18(4,5)16-8-7-14(9-12(16)2)19(20,21)22/h6-10H,1,11H2,2-5H3,(H,24,25,28). The lowest BCUT2D eigenvalue weighted by atomic mass is 9.89. The van der Waals surface area contributed by atoms with Crippen molar-refractivity contribution in [2.75, 3.05) is 0 Å². The van der Waals surface area contributed by atoms with Gasteiger partial charge in [-0.1, -0.05) is 17.9 Å². The number of H-pyrrole nitrogens is 1. The molecule has 0 saturated heterocycles. The fourth-order valence-corrected chi connectivity index (χ4v) is 2.92. The van der Waals surface area contributed by atoms with Gasteiger partial charge in [0.15, 0.2) is 0 Å². The summed E-state index contributed by atoms with van der Waals surface area (Å²) in [6.45, 7) is 10.7. The van der Waals surface area contributed by atoms with E-state index in [1.807, 2.05) is 0 Å². The molecule has 1 aromatic carbocycles. The Morgan fingerprint density at radius 2 is 1.93 bits per heavy atom. The van der Waals surface area contributed by atoms with Crippen molar-refractivity contribution in [2.24, 2.45) is 10.3 Å². The highest BCUT2D eigenvalue weighted by atomic mass is 19.4. The van der Waals surface area contributed by atoms with Crippen LogP contribution in [0.2, 0.25) is 0 Å². The predicted octanol–water partition coefficient (Wildman–Crippen LogP) is 4.65. The van der Waals surface area contributed by atoms with Crippen molar-refractivity contribution >= 4 is 0 Å². The summed E-state index contributed by atoms with van der Waals surface area (Å²) in [5, 5.41) is 9.64. The van der Waals surface area contributed by atoms with Gasteiger partial charge >= 0.3 is 6.18 Å². The molecule has 0 aliphatic rings. The summed E-state index contributed by atoms with van der Waals surface area (Å²) < 4.78 is 38.7. The Labute approximate surface area is 160 Å². The highest BCUT2D eigenvalue weighted by molar-refractivity contribution is 5.37. The van der Waals surface area contributed by atoms with Crippen molar-refractivity contribution < 1.29 is 13.2 Å². The van der Waals surface area contributed by atoms with E-state index in [1.54, 1.807) is 27.7 Å². The number of aromatic amines is 1. The van der Waals surface area contributed by atoms with Gasteiger partial charge in [0.1, 0.15) is 12.4 Å². The van der Waals surface area contributed by atoms with Crippen LogP contribution in [0.25, 0.3) is 0 Å². The predicted molar refractivity (Wildman–Crippen MR) is 99.4 cm³/mol. The van der Waals surface area contributed by atoms with Crippen LogP contribution in [0.15, 0.2) is 52.2 Å². The van der Waals surface area contributed by atoms with Gasteiger partial charge < -0.3 is 4.98 Å². The summed E-state index contributed by atoms with van der Waals surface area (Å²) in [7, 11) is 0. The zero-order chi connectivity index (χ0) is 21.1.